The third-order valence-corrected chi connectivity index (χ3v) is 2.54. The molecule has 0 aliphatic heterocycles. The number of rotatable bonds is 7. The number of non-ortho nitro benzene ring substituents is 2. The summed E-state index contributed by atoms with van der Waals surface area (Å²) in [5.41, 5.74) is 9.87. The van der Waals surface area contributed by atoms with Gasteiger partial charge in [0.1, 0.15) is 6.04 Å². The molecule has 0 saturated heterocycles. The van der Waals surface area contributed by atoms with E-state index in [9.17, 15) is 25.0 Å². The molecule has 0 aliphatic rings. The van der Waals surface area contributed by atoms with E-state index in [4.69, 9.17) is 16.6 Å². The first-order valence-electron chi connectivity index (χ1n) is 6.37. The third-order valence-electron chi connectivity index (χ3n) is 2.54. The Kier molecular flexibility index (Phi) is 8.98. The Hall–Kier alpha value is -2.59. The fourth-order valence-electron chi connectivity index (χ4n) is 1.35. The number of hydrogen-bond donors (Lipinski definition) is 3. The molecule has 122 valence electrons. The molecule has 1 aromatic rings. The Balaban J connectivity index is 0.000000409. The first-order chi connectivity index (χ1) is 10.3. The van der Waals surface area contributed by atoms with Crippen LogP contribution in [0.15, 0.2) is 24.3 Å². The van der Waals surface area contributed by atoms with Gasteiger partial charge >= 0.3 is 5.97 Å². The maximum Gasteiger partial charge on any atom is 0.320 e. The van der Waals surface area contributed by atoms with Crippen molar-refractivity contribution in [2.24, 2.45) is 11.5 Å². The second kappa shape index (κ2) is 10.2. The second-order valence-corrected chi connectivity index (χ2v) is 4.26. The van der Waals surface area contributed by atoms with Gasteiger partial charge in [-0.05, 0) is 25.5 Å². The number of nitro groups is 2. The van der Waals surface area contributed by atoms with Gasteiger partial charge in [0.15, 0.2) is 0 Å². The van der Waals surface area contributed by atoms with Gasteiger partial charge in [-0.15, -0.1) is 0 Å². The number of unbranched alkanes of at least 4 members (excludes halogenated alkanes) is 1. The van der Waals surface area contributed by atoms with E-state index < -0.39 is 21.9 Å². The van der Waals surface area contributed by atoms with Gasteiger partial charge in [0.2, 0.25) is 0 Å². The maximum absolute atomic E-state index is 10.2. The molecule has 0 aliphatic carbocycles. The number of carboxylic acid groups (broad SMARTS) is 1. The zero-order chi connectivity index (χ0) is 17.1. The first-order valence-corrected chi connectivity index (χ1v) is 6.37. The highest BCUT2D eigenvalue weighted by Gasteiger charge is 2.11. The van der Waals surface area contributed by atoms with E-state index in [1.165, 1.54) is 18.2 Å². The minimum Gasteiger partial charge on any atom is -0.480 e. The number of nitrogens with zero attached hydrogens (tertiary/aromatic N) is 2. The average Bonchev–Trinajstić information content (AvgIpc) is 2.48. The van der Waals surface area contributed by atoms with Gasteiger partial charge in [-0.25, -0.2) is 0 Å². The van der Waals surface area contributed by atoms with Gasteiger partial charge in [0, 0.05) is 12.1 Å². The number of carboxylic acids is 1. The van der Waals surface area contributed by atoms with Gasteiger partial charge in [-0.3, -0.25) is 25.0 Å². The van der Waals surface area contributed by atoms with Crippen LogP contribution in [0, 0.1) is 20.2 Å². The molecule has 1 rings (SSSR count). The molecular formula is C12H18N4O6. The van der Waals surface area contributed by atoms with Crippen molar-refractivity contribution in [2.75, 3.05) is 6.54 Å². The Morgan fingerprint density at radius 2 is 1.68 bits per heavy atom. The lowest BCUT2D eigenvalue weighted by Crippen LogP contribution is -2.29. The van der Waals surface area contributed by atoms with Crippen LogP contribution in [0.1, 0.15) is 19.3 Å². The number of benzene rings is 1. The summed E-state index contributed by atoms with van der Waals surface area (Å²) in [7, 11) is 0. The summed E-state index contributed by atoms with van der Waals surface area (Å²) in [5, 5.41) is 28.6. The molecule has 10 heteroatoms. The predicted molar refractivity (Wildman–Crippen MR) is 78.3 cm³/mol. The van der Waals surface area contributed by atoms with Crippen LogP contribution in [0.5, 0.6) is 0 Å². The van der Waals surface area contributed by atoms with E-state index in [2.05, 4.69) is 0 Å². The monoisotopic (exact) mass is 314 g/mol. The highest BCUT2D eigenvalue weighted by atomic mass is 16.6. The molecule has 0 aromatic heterocycles. The first kappa shape index (κ1) is 19.4. The molecule has 0 radical (unpaired) electrons. The number of nitrogens with two attached hydrogens (primary N) is 2. The maximum atomic E-state index is 10.2. The van der Waals surface area contributed by atoms with Crippen LogP contribution < -0.4 is 11.5 Å². The molecule has 1 atom stereocenters. The lowest BCUT2D eigenvalue weighted by Gasteiger charge is -2.03. The van der Waals surface area contributed by atoms with Gasteiger partial charge in [-0.2, -0.15) is 0 Å². The van der Waals surface area contributed by atoms with Gasteiger partial charge in [0.05, 0.1) is 15.9 Å². The van der Waals surface area contributed by atoms with Crippen molar-refractivity contribution in [3.8, 4) is 0 Å². The molecule has 0 saturated carbocycles. The van der Waals surface area contributed by atoms with Gasteiger partial charge < -0.3 is 16.6 Å². The van der Waals surface area contributed by atoms with Crippen molar-refractivity contribution in [1.29, 1.82) is 0 Å². The Morgan fingerprint density at radius 1 is 1.18 bits per heavy atom. The Morgan fingerprint density at radius 3 is 2.05 bits per heavy atom. The van der Waals surface area contributed by atoms with Crippen molar-refractivity contribution in [1.82, 2.24) is 0 Å². The molecule has 1 unspecified atom stereocenters. The molecule has 22 heavy (non-hydrogen) atoms. The molecule has 0 heterocycles. The number of carbonyl (C=O) groups is 1. The summed E-state index contributed by atoms with van der Waals surface area (Å²) in [6, 6.07) is 3.88. The van der Waals surface area contributed by atoms with Crippen LogP contribution >= 0.6 is 0 Å². The fraction of sp³-hybridized carbons (Fsp3) is 0.417. The van der Waals surface area contributed by atoms with Crippen molar-refractivity contribution < 1.29 is 19.7 Å². The van der Waals surface area contributed by atoms with Crippen molar-refractivity contribution >= 4 is 17.3 Å². The second-order valence-electron chi connectivity index (χ2n) is 4.26. The molecule has 5 N–H and O–H groups in total. The smallest absolute Gasteiger partial charge is 0.320 e. The summed E-state index contributed by atoms with van der Waals surface area (Å²) >= 11 is 0. The molecule has 1 aromatic carbocycles. The van der Waals surface area contributed by atoms with Crippen LogP contribution in [0.4, 0.5) is 11.4 Å². The van der Waals surface area contributed by atoms with Gasteiger partial charge in [0.25, 0.3) is 11.4 Å². The van der Waals surface area contributed by atoms with Gasteiger partial charge in [-0.1, -0.05) is 6.42 Å². The SMILES string of the molecule is NCCCCC(N)C(=O)O.O=[N+]([O-])c1cccc([N+](=O)[O-])c1. The Labute approximate surface area is 126 Å². The molecule has 0 fully saturated rings. The average molecular weight is 314 g/mol. The normalized spacial score (nSPS) is 11.0. The molecular weight excluding hydrogens is 296 g/mol. The number of nitro benzene ring substituents is 2. The Bertz CT molecular complexity index is 493. The molecule has 0 bridgehead atoms. The summed E-state index contributed by atoms with van der Waals surface area (Å²) in [6.45, 7) is 0.604. The van der Waals surface area contributed by atoms with Crippen LogP contribution in [-0.2, 0) is 4.79 Å². The van der Waals surface area contributed by atoms with E-state index in [1.807, 2.05) is 0 Å². The van der Waals surface area contributed by atoms with Crippen LogP contribution in [0.3, 0.4) is 0 Å². The standard InChI is InChI=1S/C6H4N2O4.C6H14N2O2/c9-7(10)5-2-1-3-6(4-5)8(11)12;7-4-2-1-3-5(8)6(9)10/h1-4H;5H,1-4,7-8H2,(H,9,10). The van der Waals surface area contributed by atoms with E-state index >= 15 is 0 Å². The molecule has 0 spiro atoms. The third kappa shape index (κ3) is 7.87. The largest absolute Gasteiger partial charge is 0.480 e. The van der Waals surface area contributed by atoms with E-state index in [1.54, 1.807) is 0 Å². The lowest BCUT2D eigenvalue weighted by molar-refractivity contribution is -0.394. The minimum absolute atomic E-state index is 0.274. The fourth-order valence-corrected chi connectivity index (χ4v) is 1.35. The highest BCUT2D eigenvalue weighted by Crippen LogP contribution is 2.18. The molecule has 0 amide bonds. The quantitative estimate of drug-likeness (QED) is 0.379. The molecule has 10 nitrogen and oxygen atoms in total. The summed E-state index contributed by atoms with van der Waals surface area (Å²) < 4.78 is 0. The minimum atomic E-state index is -0.933. The van der Waals surface area contributed by atoms with Crippen molar-refractivity contribution in [2.45, 2.75) is 25.3 Å². The van der Waals surface area contributed by atoms with Crippen LogP contribution in [0.25, 0.3) is 0 Å². The van der Waals surface area contributed by atoms with E-state index in [0.717, 1.165) is 18.9 Å². The van der Waals surface area contributed by atoms with Crippen molar-refractivity contribution in [3.63, 3.8) is 0 Å². The zero-order valence-electron chi connectivity index (χ0n) is 11.8. The highest BCUT2D eigenvalue weighted by molar-refractivity contribution is 5.72. The van der Waals surface area contributed by atoms with E-state index in [-0.39, 0.29) is 11.4 Å². The van der Waals surface area contributed by atoms with Crippen LogP contribution in [0.2, 0.25) is 0 Å². The summed E-state index contributed by atoms with van der Waals surface area (Å²) in [4.78, 5) is 29.1. The van der Waals surface area contributed by atoms with Crippen LogP contribution in [-0.4, -0.2) is 33.5 Å². The number of aliphatic carboxylic acids is 1. The predicted octanol–water partition coefficient (Wildman–Crippen LogP) is 1.03. The summed E-state index contributed by atoms with van der Waals surface area (Å²) in [5.74, 6) is -0.933. The zero-order valence-corrected chi connectivity index (χ0v) is 11.8. The lowest BCUT2D eigenvalue weighted by atomic mass is 10.1. The van der Waals surface area contributed by atoms with Crippen molar-refractivity contribution in [3.05, 3.63) is 44.5 Å². The number of hydrogen-bond acceptors (Lipinski definition) is 7. The summed E-state index contributed by atoms with van der Waals surface area (Å²) in [6.07, 6.45) is 2.16. The topological polar surface area (TPSA) is 176 Å². The van der Waals surface area contributed by atoms with E-state index in [0.29, 0.717) is 13.0 Å².